The minimum absolute atomic E-state index is 0.0471. The van der Waals surface area contributed by atoms with Crippen LogP contribution in [0.15, 0.2) is 51.6 Å². The number of rotatable bonds is 6. The van der Waals surface area contributed by atoms with Gasteiger partial charge < -0.3 is 15.0 Å². The van der Waals surface area contributed by atoms with Gasteiger partial charge in [-0.3, -0.25) is 4.79 Å². The molecule has 0 saturated heterocycles. The Hall–Kier alpha value is -2.54. The van der Waals surface area contributed by atoms with Crippen molar-refractivity contribution >= 4 is 28.8 Å². The second-order valence-corrected chi connectivity index (χ2v) is 11.1. The highest BCUT2D eigenvalue weighted by atomic mass is 32.2. The van der Waals surface area contributed by atoms with Crippen LogP contribution < -0.4 is 5.32 Å². The predicted molar refractivity (Wildman–Crippen MR) is 135 cm³/mol. The Morgan fingerprint density at radius 2 is 1.94 bits per heavy atom. The average molecular weight is 480 g/mol. The normalized spacial score (nSPS) is 27.6. The molecule has 6 nitrogen and oxygen atoms in total. The number of carbonyl (C=O) groups excluding carboxylic acids is 2. The van der Waals surface area contributed by atoms with Gasteiger partial charge in [-0.05, 0) is 69.8 Å². The molecule has 2 fully saturated rings. The Morgan fingerprint density at radius 1 is 1.18 bits per heavy atom. The number of thioether (sulfide) groups is 1. The number of nitrogens with zero attached hydrogens (tertiary/aromatic N) is 2. The van der Waals surface area contributed by atoms with E-state index < -0.39 is 0 Å². The van der Waals surface area contributed by atoms with Crippen molar-refractivity contribution in [2.45, 2.75) is 78.0 Å². The van der Waals surface area contributed by atoms with Crippen LogP contribution in [0.2, 0.25) is 0 Å². The molecule has 0 spiro atoms. The predicted octanol–water partition coefficient (Wildman–Crippen LogP) is 5.22. The minimum atomic E-state index is -0.379. The summed E-state index contributed by atoms with van der Waals surface area (Å²) < 4.78 is 5.62. The van der Waals surface area contributed by atoms with Gasteiger partial charge in [-0.1, -0.05) is 48.0 Å². The molecule has 4 unspecified atom stereocenters. The summed E-state index contributed by atoms with van der Waals surface area (Å²) in [5, 5.41) is 6.11. The zero-order valence-electron chi connectivity index (χ0n) is 20.3. The van der Waals surface area contributed by atoms with Crippen molar-refractivity contribution in [2.24, 2.45) is 16.8 Å². The number of hydrogen-bond donors (Lipinski definition) is 1. The number of amides is 1. The standard InChI is InChI=1S/C27H33N3O3S/c1-15(2)33-26(32)24-17(4)28-27-30(25(24)19-8-5-16(3)6-9-19)21(14-34-27)13-23(31)29-22-12-18-7-10-20(22)11-18/h5-6,8-9,14-15,18,20,22,25H,7,10-13H2,1-4H3,(H,29,31). The summed E-state index contributed by atoms with van der Waals surface area (Å²) in [6.07, 6.45) is 4.96. The third-order valence-electron chi connectivity index (χ3n) is 7.38. The molecule has 5 rings (SSSR count). The number of nitrogens with one attached hydrogen (secondary N) is 1. The number of ether oxygens (including phenoxy) is 1. The molecule has 1 aromatic rings. The molecule has 180 valence electrons. The summed E-state index contributed by atoms with van der Waals surface area (Å²) >= 11 is 1.51. The first-order chi connectivity index (χ1) is 16.3. The van der Waals surface area contributed by atoms with Crippen LogP contribution in [0.3, 0.4) is 0 Å². The van der Waals surface area contributed by atoms with E-state index in [1.54, 1.807) is 0 Å². The van der Waals surface area contributed by atoms with Gasteiger partial charge in [0.2, 0.25) is 5.91 Å². The number of hydrogen-bond acceptors (Lipinski definition) is 6. The third kappa shape index (κ3) is 4.42. The number of benzene rings is 1. The van der Waals surface area contributed by atoms with E-state index in [1.807, 2.05) is 33.1 Å². The first-order valence-electron chi connectivity index (χ1n) is 12.3. The Morgan fingerprint density at radius 3 is 2.59 bits per heavy atom. The molecule has 0 radical (unpaired) electrons. The molecule has 0 aromatic heterocycles. The van der Waals surface area contributed by atoms with Crippen LogP contribution >= 0.6 is 11.8 Å². The number of aliphatic imine (C=N–C) groups is 1. The Labute approximate surface area is 205 Å². The van der Waals surface area contributed by atoms with Gasteiger partial charge in [0.1, 0.15) is 0 Å². The number of carbonyl (C=O) groups is 2. The first-order valence-corrected chi connectivity index (χ1v) is 13.2. The molecule has 1 amide bonds. The van der Waals surface area contributed by atoms with Gasteiger partial charge in [-0.25, -0.2) is 9.79 Å². The largest absolute Gasteiger partial charge is 0.459 e. The molecule has 1 aromatic carbocycles. The number of allylic oxidation sites excluding steroid dienone is 1. The van der Waals surface area contributed by atoms with Crippen LogP contribution in [-0.4, -0.2) is 34.1 Å². The molecule has 7 heteroatoms. The first kappa shape index (κ1) is 23.2. The molecule has 2 aliphatic carbocycles. The zero-order chi connectivity index (χ0) is 24.0. The summed E-state index contributed by atoms with van der Waals surface area (Å²) in [7, 11) is 0. The lowest BCUT2D eigenvalue weighted by Gasteiger charge is -2.36. The van der Waals surface area contributed by atoms with Crippen LogP contribution in [-0.2, 0) is 14.3 Å². The van der Waals surface area contributed by atoms with E-state index in [9.17, 15) is 9.59 Å². The quantitative estimate of drug-likeness (QED) is 0.567. The van der Waals surface area contributed by atoms with Gasteiger partial charge in [0.15, 0.2) is 5.17 Å². The van der Waals surface area contributed by atoms with E-state index in [0.29, 0.717) is 23.2 Å². The second kappa shape index (κ2) is 9.25. The molecule has 1 N–H and O–H groups in total. The van der Waals surface area contributed by atoms with Crippen molar-refractivity contribution in [3.63, 3.8) is 0 Å². The van der Waals surface area contributed by atoms with Gasteiger partial charge in [0.25, 0.3) is 0 Å². The maximum absolute atomic E-state index is 13.2. The van der Waals surface area contributed by atoms with Crippen molar-refractivity contribution in [1.82, 2.24) is 10.2 Å². The maximum atomic E-state index is 13.2. The molecule has 34 heavy (non-hydrogen) atoms. The molecule has 2 heterocycles. The van der Waals surface area contributed by atoms with Gasteiger partial charge >= 0.3 is 5.97 Å². The van der Waals surface area contributed by atoms with E-state index in [0.717, 1.165) is 34.3 Å². The van der Waals surface area contributed by atoms with Gasteiger partial charge in [-0.15, -0.1) is 0 Å². The van der Waals surface area contributed by atoms with Gasteiger partial charge in [0.05, 0.1) is 29.8 Å². The summed E-state index contributed by atoms with van der Waals surface area (Å²) in [6, 6.07) is 8.13. The zero-order valence-corrected chi connectivity index (χ0v) is 21.2. The van der Waals surface area contributed by atoms with Crippen molar-refractivity contribution in [1.29, 1.82) is 0 Å². The van der Waals surface area contributed by atoms with Crippen LogP contribution in [0.1, 0.15) is 70.0 Å². The highest BCUT2D eigenvalue weighted by Gasteiger charge is 2.43. The van der Waals surface area contributed by atoms with E-state index in [2.05, 4.69) is 34.5 Å². The molecule has 4 aliphatic rings. The van der Waals surface area contributed by atoms with E-state index in [1.165, 1.54) is 31.0 Å². The number of aryl methyl sites for hydroxylation is 1. The molecule has 4 atom stereocenters. The number of amidine groups is 1. The van der Waals surface area contributed by atoms with Crippen LogP contribution in [0, 0.1) is 18.8 Å². The maximum Gasteiger partial charge on any atom is 0.338 e. The summed E-state index contributed by atoms with van der Waals surface area (Å²) in [6.45, 7) is 7.61. The van der Waals surface area contributed by atoms with Gasteiger partial charge in [-0.2, -0.15) is 0 Å². The summed E-state index contributed by atoms with van der Waals surface area (Å²) in [5.74, 6) is 1.11. The van der Waals surface area contributed by atoms with Crippen LogP contribution in [0.5, 0.6) is 0 Å². The van der Waals surface area contributed by atoms with Gasteiger partial charge in [0, 0.05) is 11.7 Å². The average Bonchev–Trinajstić information content (AvgIpc) is 3.49. The van der Waals surface area contributed by atoms with Crippen molar-refractivity contribution in [3.05, 3.63) is 57.8 Å². The number of fused-ring (bicyclic) bond motifs is 3. The Balaban J connectivity index is 1.42. The SMILES string of the molecule is CC1=C(C(=O)OC(C)C)C(c2ccc(C)cc2)N2C(CC(=O)NC3CC4CCC3C4)=CSC2=N1. The monoisotopic (exact) mass is 479 g/mol. The summed E-state index contributed by atoms with van der Waals surface area (Å²) in [5.41, 5.74) is 4.20. The van der Waals surface area contributed by atoms with Crippen LogP contribution in [0.4, 0.5) is 0 Å². The minimum Gasteiger partial charge on any atom is -0.459 e. The van der Waals surface area contributed by atoms with E-state index in [4.69, 9.17) is 9.73 Å². The molecule has 2 saturated carbocycles. The van der Waals surface area contributed by atoms with Crippen molar-refractivity contribution < 1.29 is 14.3 Å². The number of esters is 1. The van der Waals surface area contributed by atoms with E-state index >= 15 is 0 Å². The lowest BCUT2D eigenvalue weighted by atomic mass is 9.93. The molecular weight excluding hydrogens is 446 g/mol. The van der Waals surface area contributed by atoms with Crippen molar-refractivity contribution in [3.8, 4) is 0 Å². The molecule has 2 bridgehead atoms. The van der Waals surface area contributed by atoms with Crippen molar-refractivity contribution in [2.75, 3.05) is 0 Å². The fraction of sp³-hybridized carbons (Fsp3) is 0.519. The van der Waals surface area contributed by atoms with E-state index in [-0.39, 0.29) is 30.4 Å². The fourth-order valence-corrected chi connectivity index (χ4v) is 6.78. The van der Waals surface area contributed by atoms with Crippen LogP contribution in [0.25, 0.3) is 0 Å². The Bertz CT molecular complexity index is 1090. The summed E-state index contributed by atoms with van der Waals surface area (Å²) in [4.78, 5) is 33.1. The highest BCUT2D eigenvalue weighted by molar-refractivity contribution is 8.16. The lowest BCUT2D eigenvalue weighted by Crippen LogP contribution is -2.41. The topological polar surface area (TPSA) is 71.0 Å². The second-order valence-electron chi connectivity index (χ2n) is 10.3. The third-order valence-corrected chi connectivity index (χ3v) is 8.27. The molecule has 2 aliphatic heterocycles. The lowest BCUT2D eigenvalue weighted by molar-refractivity contribution is -0.143. The Kier molecular flexibility index (Phi) is 6.32. The smallest absolute Gasteiger partial charge is 0.338 e. The fourth-order valence-electron chi connectivity index (χ4n) is 5.82. The highest BCUT2D eigenvalue weighted by Crippen LogP contribution is 2.46. The molecular formula is C27H33N3O3S.